The van der Waals surface area contributed by atoms with Crippen molar-refractivity contribution in [2.75, 3.05) is 6.61 Å². The summed E-state index contributed by atoms with van der Waals surface area (Å²) in [4.78, 5) is 12.1. The van der Waals surface area contributed by atoms with Crippen molar-refractivity contribution in [1.29, 1.82) is 0 Å². The van der Waals surface area contributed by atoms with Gasteiger partial charge >= 0.3 is 5.97 Å². The van der Waals surface area contributed by atoms with Crippen LogP contribution in [0.25, 0.3) is 0 Å². The molecule has 1 saturated heterocycles. The van der Waals surface area contributed by atoms with Crippen LogP contribution in [0.15, 0.2) is 0 Å². The van der Waals surface area contributed by atoms with Gasteiger partial charge in [-0.05, 0) is 50.4 Å². The third kappa shape index (κ3) is 2.38. The summed E-state index contributed by atoms with van der Waals surface area (Å²) < 4.78 is 6.11. The maximum Gasteiger partial charge on any atom is 0.309 e. The molecule has 0 radical (unpaired) electrons. The molecule has 0 aromatic heterocycles. The van der Waals surface area contributed by atoms with E-state index in [0.717, 1.165) is 51.6 Å². The van der Waals surface area contributed by atoms with E-state index in [4.69, 9.17) is 4.74 Å². The number of aliphatic carboxylic acids is 1. The van der Waals surface area contributed by atoms with Crippen LogP contribution in [0.1, 0.15) is 71.1 Å². The summed E-state index contributed by atoms with van der Waals surface area (Å²) >= 11 is 0. The zero-order chi connectivity index (χ0) is 14.2. The van der Waals surface area contributed by atoms with Gasteiger partial charge in [0.05, 0.1) is 11.0 Å². The number of carbonyl (C=O) groups is 1. The van der Waals surface area contributed by atoms with Gasteiger partial charge in [0.15, 0.2) is 0 Å². The minimum Gasteiger partial charge on any atom is -0.481 e. The fraction of sp³-hybridized carbons (Fsp3) is 0.941. The molecular formula is C17H28O3. The smallest absolute Gasteiger partial charge is 0.309 e. The standard InChI is InChI=1S/C17H28O3/c1-13-5-4-9-17(11-13,15(18)19)14-6-10-20-16(12-14)7-2-3-8-16/h13-14H,2-12H2,1H3,(H,18,19). The summed E-state index contributed by atoms with van der Waals surface area (Å²) in [5.74, 6) is 0.348. The molecule has 3 nitrogen and oxygen atoms in total. The van der Waals surface area contributed by atoms with Crippen molar-refractivity contribution in [2.24, 2.45) is 17.3 Å². The molecule has 3 heteroatoms. The Morgan fingerprint density at radius 3 is 2.50 bits per heavy atom. The topological polar surface area (TPSA) is 46.5 Å². The quantitative estimate of drug-likeness (QED) is 0.831. The van der Waals surface area contributed by atoms with Crippen molar-refractivity contribution in [1.82, 2.24) is 0 Å². The van der Waals surface area contributed by atoms with Gasteiger partial charge in [0.1, 0.15) is 0 Å². The Morgan fingerprint density at radius 1 is 1.10 bits per heavy atom. The van der Waals surface area contributed by atoms with Crippen molar-refractivity contribution in [2.45, 2.75) is 76.7 Å². The molecular weight excluding hydrogens is 252 g/mol. The lowest BCUT2D eigenvalue weighted by molar-refractivity contribution is -0.168. The van der Waals surface area contributed by atoms with Crippen molar-refractivity contribution in [3.63, 3.8) is 0 Å². The summed E-state index contributed by atoms with van der Waals surface area (Å²) in [6.07, 6.45) is 10.8. The second kappa shape index (κ2) is 5.32. The second-order valence-electron chi connectivity index (χ2n) is 7.59. The zero-order valence-corrected chi connectivity index (χ0v) is 12.7. The molecule has 0 amide bonds. The molecule has 1 N–H and O–H groups in total. The van der Waals surface area contributed by atoms with Gasteiger partial charge < -0.3 is 9.84 Å². The number of carboxylic acid groups (broad SMARTS) is 1. The molecule has 0 aromatic rings. The van der Waals surface area contributed by atoms with Crippen LogP contribution in [0, 0.1) is 17.3 Å². The highest BCUT2D eigenvalue weighted by atomic mass is 16.5. The molecule has 3 unspecified atom stereocenters. The first-order valence-corrected chi connectivity index (χ1v) is 8.44. The fourth-order valence-electron chi connectivity index (χ4n) is 5.20. The first kappa shape index (κ1) is 14.4. The summed E-state index contributed by atoms with van der Waals surface area (Å²) in [7, 11) is 0. The first-order valence-electron chi connectivity index (χ1n) is 8.44. The van der Waals surface area contributed by atoms with Crippen LogP contribution in [-0.2, 0) is 9.53 Å². The third-order valence-corrected chi connectivity index (χ3v) is 6.25. The van der Waals surface area contributed by atoms with Gasteiger partial charge in [-0.2, -0.15) is 0 Å². The Kier molecular flexibility index (Phi) is 3.83. The largest absolute Gasteiger partial charge is 0.481 e. The van der Waals surface area contributed by atoms with Gasteiger partial charge in [0.2, 0.25) is 0 Å². The molecule has 3 fully saturated rings. The molecule has 2 saturated carbocycles. The lowest BCUT2D eigenvalue weighted by atomic mass is 9.59. The highest BCUT2D eigenvalue weighted by molar-refractivity contribution is 5.75. The van der Waals surface area contributed by atoms with Gasteiger partial charge in [0, 0.05) is 6.61 Å². The van der Waals surface area contributed by atoms with E-state index in [0.29, 0.717) is 11.8 Å². The Labute approximate surface area is 122 Å². The number of hydrogen-bond acceptors (Lipinski definition) is 2. The lowest BCUT2D eigenvalue weighted by Gasteiger charge is -2.48. The first-order chi connectivity index (χ1) is 9.56. The maximum absolute atomic E-state index is 12.1. The summed E-state index contributed by atoms with van der Waals surface area (Å²) in [6, 6.07) is 0. The highest BCUT2D eigenvalue weighted by Gasteiger charge is 2.52. The van der Waals surface area contributed by atoms with E-state index in [9.17, 15) is 9.90 Å². The van der Waals surface area contributed by atoms with E-state index >= 15 is 0 Å². The molecule has 3 aliphatic rings. The van der Waals surface area contributed by atoms with E-state index in [1.807, 2.05) is 0 Å². The van der Waals surface area contributed by atoms with Gasteiger partial charge in [0.25, 0.3) is 0 Å². The molecule has 114 valence electrons. The number of ether oxygens (including phenoxy) is 1. The molecule has 0 bridgehead atoms. The summed E-state index contributed by atoms with van der Waals surface area (Å²) in [5, 5.41) is 9.95. The minimum absolute atomic E-state index is 0.0338. The second-order valence-corrected chi connectivity index (χ2v) is 7.59. The van der Waals surface area contributed by atoms with Crippen LogP contribution >= 0.6 is 0 Å². The van der Waals surface area contributed by atoms with E-state index in [-0.39, 0.29) is 5.60 Å². The zero-order valence-electron chi connectivity index (χ0n) is 12.7. The Bertz CT molecular complexity index is 372. The summed E-state index contributed by atoms with van der Waals surface area (Å²) in [6.45, 7) is 3.00. The molecule has 3 atom stereocenters. The predicted octanol–water partition coefficient (Wildman–Crippen LogP) is 4.01. The van der Waals surface area contributed by atoms with Crippen molar-refractivity contribution < 1.29 is 14.6 Å². The summed E-state index contributed by atoms with van der Waals surface area (Å²) in [5.41, 5.74) is -0.427. The van der Waals surface area contributed by atoms with Crippen molar-refractivity contribution >= 4 is 5.97 Å². The molecule has 20 heavy (non-hydrogen) atoms. The van der Waals surface area contributed by atoms with Crippen molar-refractivity contribution in [3.05, 3.63) is 0 Å². The fourth-order valence-corrected chi connectivity index (χ4v) is 5.20. The van der Waals surface area contributed by atoms with E-state index in [1.165, 1.54) is 19.3 Å². The molecule has 2 aliphatic carbocycles. The monoisotopic (exact) mass is 280 g/mol. The third-order valence-electron chi connectivity index (χ3n) is 6.25. The van der Waals surface area contributed by atoms with Crippen LogP contribution in [0.3, 0.4) is 0 Å². The van der Waals surface area contributed by atoms with Crippen LogP contribution in [0.5, 0.6) is 0 Å². The molecule has 1 aliphatic heterocycles. The number of hydrogen-bond donors (Lipinski definition) is 1. The Hall–Kier alpha value is -0.570. The molecule has 1 spiro atoms. The molecule has 0 aromatic carbocycles. The SMILES string of the molecule is CC1CCCC(C(=O)O)(C2CCOC3(CCCC3)C2)C1. The normalized spacial score (nSPS) is 40.9. The lowest BCUT2D eigenvalue weighted by Crippen LogP contribution is -2.49. The predicted molar refractivity (Wildman–Crippen MR) is 77.6 cm³/mol. The van der Waals surface area contributed by atoms with Gasteiger partial charge in [-0.3, -0.25) is 4.79 Å². The van der Waals surface area contributed by atoms with Crippen LogP contribution in [0.4, 0.5) is 0 Å². The van der Waals surface area contributed by atoms with E-state index in [1.54, 1.807) is 0 Å². The Balaban J connectivity index is 1.82. The number of rotatable bonds is 2. The molecule has 1 heterocycles. The van der Waals surface area contributed by atoms with Crippen LogP contribution in [0.2, 0.25) is 0 Å². The van der Waals surface area contributed by atoms with Gasteiger partial charge in [-0.1, -0.05) is 32.6 Å². The average Bonchev–Trinajstić information content (AvgIpc) is 2.86. The van der Waals surface area contributed by atoms with Crippen LogP contribution in [-0.4, -0.2) is 23.3 Å². The van der Waals surface area contributed by atoms with Gasteiger partial charge in [-0.25, -0.2) is 0 Å². The van der Waals surface area contributed by atoms with Gasteiger partial charge in [-0.15, -0.1) is 0 Å². The number of carboxylic acids is 1. The Morgan fingerprint density at radius 2 is 1.85 bits per heavy atom. The molecule has 3 rings (SSSR count). The minimum atomic E-state index is -0.538. The van der Waals surface area contributed by atoms with E-state index in [2.05, 4.69) is 6.92 Å². The maximum atomic E-state index is 12.1. The van der Waals surface area contributed by atoms with Crippen LogP contribution < -0.4 is 0 Å². The average molecular weight is 280 g/mol. The van der Waals surface area contributed by atoms with Crippen molar-refractivity contribution in [3.8, 4) is 0 Å². The van der Waals surface area contributed by atoms with E-state index < -0.39 is 11.4 Å². The highest BCUT2D eigenvalue weighted by Crippen LogP contribution is 2.53.